The van der Waals surface area contributed by atoms with Crippen LogP contribution < -0.4 is 0 Å². The predicted molar refractivity (Wildman–Crippen MR) is 152 cm³/mol. The van der Waals surface area contributed by atoms with E-state index in [1.807, 2.05) is 48.5 Å². The Morgan fingerprint density at radius 3 is 2.03 bits per heavy atom. The summed E-state index contributed by atoms with van der Waals surface area (Å²) in [6.45, 7) is 2.19. The van der Waals surface area contributed by atoms with Gasteiger partial charge in [0, 0.05) is 31.2 Å². The van der Waals surface area contributed by atoms with Crippen LogP contribution in [-0.2, 0) is 6.42 Å². The van der Waals surface area contributed by atoms with Crippen molar-refractivity contribution < 1.29 is 4.79 Å². The fraction of sp³-hybridized carbons (Fsp3) is 0.0968. The molecule has 0 saturated heterocycles. The highest BCUT2D eigenvalue weighted by molar-refractivity contribution is 9.10. The fourth-order valence-electron chi connectivity index (χ4n) is 4.47. The maximum absolute atomic E-state index is 13.1. The van der Waals surface area contributed by atoms with Crippen molar-refractivity contribution in [1.29, 1.82) is 0 Å². The van der Waals surface area contributed by atoms with Gasteiger partial charge in [-0.2, -0.15) is 0 Å². The molecule has 5 rings (SSSR count). The number of nitrogens with zero attached hydrogens (tertiary/aromatic N) is 1. The summed E-state index contributed by atoms with van der Waals surface area (Å²) in [5.41, 5.74) is 8.99. The average molecular weight is 585 g/mol. The van der Waals surface area contributed by atoms with E-state index in [9.17, 15) is 4.79 Å². The highest BCUT2D eigenvalue weighted by Gasteiger charge is 2.23. The minimum absolute atomic E-state index is 0.0323. The van der Waals surface area contributed by atoms with Gasteiger partial charge in [-0.15, -0.1) is 0 Å². The second-order valence-electron chi connectivity index (χ2n) is 8.52. The van der Waals surface area contributed by atoms with Crippen LogP contribution in [0.5, 0.6) is 0 Å². The number of aliphatic imine (C=N–C) groups is 1. The van der Waals surface area contributed by atoms with Crippen LogP contribution in [-0.4, -0.2) is 11.5 Å². The predicted octanol–water partition coefficient (Wildman–Crippen LogP) is 8.98. The minimum atomic E-state index is 0.0323. The number of allylic oxidation sites excluding steroid dienone is 2. The quantitative estimate of drug-likeness (QED) is 0.215. The van der Waals surface area contributed by atoms with Gasteiger partial charge in [0.2, 0.25) is 0 Å². The van der Waals surface area contributed by atoms with E-state index in [1.165, 1.54) is 5.57 Å². The summed E-state index contributed by atoms with van der Waals surface area (Å²) >= 11 is 7.12. The molecule has 0 radical (unpaired) electrons. The Morgan fingerprint density at radius 2 is 1.40 bits per heavy atom. The van der Waals surface area contributed by atoms with Crippen molar-refractivity contribution in [3.05, 3.63) is 139 Å². The van der Waals surface area contributed by atoms with E-state index in [2.05, 4.69) is 87.3 Å². The molecule has 4 heteroatoms. The van der Waals surface area contributed by atoms with Crippen LogP contribution in [0.3, 0.4) is 0 Å². The van der Waals surface area contributed by atoms with Gasteiger partial charge in [-0.1, -0.05) is 99.0 Å². The number of benzene rings is 4. The van der Waals surface area contributed by atoms with Crippen LogP contribution in [0, 0.1) is 0 Å². The molecule has 0 atom stereocenters. The van der Waals surface area contributed by atoms with Crippen LogP contribution in [0.4, 0.5) is 5.69 Å². The third-order valence-electron chi connectivity index (χ3n) is 6.28. The molecular formula is C31H23Br2NO. The Hall–Kier alpha value is -3.08. The molecule has 0 fully saturated rings. The molecule has 1 aliphatic heterocycles. The first-order valence-electron chi connectivity index (χ1n) is 11.6. The molecule has 0 aromatic heterocycles. The van der Waals surface area contributed by atoms with Gasteiger partial charge < -0.3 is 0 Å². The van der Waals surface area contributed by atoms with Gasteiger partial charge in [0.1, 0.15) is 0 Å². The van der Waals surface area contributed by atoms with Crippen molar-refractivity contribution in [1.82, 2.24) is 0 Å². The van der Waals surface area contributed by atoms with Gasteiger partial charge in [0.15, 0.2) is 5.78 Å². The van der Waals surface area contributed by atoms with E-state index in [0.29, 0.717) is 11.1 Å². The maximum atomic E-state index is 13.1. The molecule has 172 valence electrons. The topological polar surface area (TPSA) is 29.4 Å². The average Bonchev–Trinajstić information content (AvgIpc) is 3.06. The zero-order chi connectivity index (χ0) is 24.4. The summed E-state index contributed by atoms with van der Waals surface area (Å²) in [4.78, 5) is 18.4. The molecule has 0 bridgehead atoms. The molecule has 0 N–H and O–H groups in total. The van der Waals surface area contributed by atoms with E-state index in [0.717, 1.165) is 55.4 Å². The lowest BCUT2D eigenvalue weighted by Gasteiger charge is -2.16. The molecule has 0 saturated carbocycles. The third-order valence-corrected chi connectivity index (χ3v) is 7.34. The number of rotatable bonds is 5. The zero-order valence-electron chi connectivity index (χ0n) is 19.3. The molecule has 1 heterocycles. The van der Waals surface area contributed by atoms with Gasteiger partial charge in [-0.25, -0.2) is 4.99 Å². The number of ketones is 1. The minimum Gasteiger partial charge on any atom is -0.289 e. The Labute approximate surface area is 222 Å². The first kappa shape index (κ1) is 23.7. The van der Waals surface area contributed by atoms with Crippen molar-refractivity contribution in [2.24, 2.45) is 4.99 Å². The smallest absolute Gasteiger partial charge is 0.193 e. The Balaban J connectivity index is 1.68. The summed E-state index contributed by atoms with van der Waals surface area (Å²) < 4.78 is 2.08. The molecular weight excluding hydrogens is 562 g/mol. The monoisotopic (exact) mass is 583 g/mol. The lowest BCUT2D eigenvalue weighted by molar-refractivity contribution is 0.103. The highest BCUT2D eigenvalue weighted by atomic mass is 79.9. The molecule has 1 aliphatic rings. The van der Waals surface area contributed by atoms with E-state index in [-0.39, 0.29) is 5.78 Å². The molecule has 0 aliphatic carbocycles. The number of carbonyl (C=O) groups excluding carboxylic acids is 1. The Kier molecular flexibility index (Phi) is 6.94. The first-order chi connectivity index (χ1) is 17.0. The number of fused-ring (bicyclic) bond motifs is 1. The standard InChI is InChI=1S/C31H23Br2NO/c1-2-20-18-25-19-24(31(35)23-6-4-3-5-7-23)12-17-28(25)34-30(22-10-15-27(33)16-11-22)29(20)21-8-13-26(32)14-9-21/h3-17,19H,2,18H2,1H3. The highest BCUT2D eigenvalue weighted by Crippen LogP contribution is 2.37. The van der Waals surface area contributed by atoms with Crippen LogP contribution >= 0.6 is 31.9 Å². The maximum Gasteiger partial charge on any atom is 0.193 e. The van der Waals surface area contributed by atoms with Gasteiger partial charge in [0.05, 0.1) is 11.4 Å². The lowest BCUT2D eigenvalue weighted by atomic mass is 9.88. The Morgan fingerprint density at radius 1 is 0.771 bits per heavy atom. The van der Waals surface area contributed by atoms with E-state index >= 15 is 0 Å². The third kappa shape index (κ3) is 5.00. The summed E-state index contributed by atoms with van der Waals surface area (Å²) in [7, 11) is 0. The van der Waals surface area contributed by atoms with Crippen molar-refractivity contribution >= 4 is 54.6 Å². The normalized spacial score (nSPS) is 13.2. The number of carbonyl (C=O) groups is 1. The summed E-state index contributed by atoms with van der Waals surface area (Å²) in [6.07, 6.45) is 1.63. The molecule has 4 aromatic rings. The van der Waals surface area contributed by atoms with E-state index in [1.54, 1.807) is 0 Å². The van der Waals surface area contributed by atoms with Gasteiger partial charge in [-0.3, -0.25) is 4.79 Å². The summed E-state index contributed by atoms with van der Waals surface area (Å²) in [5.74, 6) is 0.0323. The molecule has 4 aromatic carbocycles. The van der Waals surface area contributed by atoms with Crippen molar-refractivity contribution in [2.45, 2.75) is 19.8 Å². The second kappa shape index (κ2) is 10.3. The summed E-state index contributed by atoms with van der Waals surface area (Å²) in [6, 6.07) is 32.1. The number of halogens is 2. The fourth-order valence-corrected chi connectivity index (χ4v) is 5.00. The molecule has 0 unspecified atom stereocenters. The van der Waals surface area contributed by atoms with E-state index < -0.39 is 0 Å². The first-order valence-corrected chi connectivity index (χ1v) is 13.2. The van der Waals surface area contributed by atoms with Crippen LogP contribution in [0.15, 0.2) is 117 Å². The van der Waals surface area contributed by atoms with Crippen LogP contribution in [0.2, 0.25) is 0 Å². The summed E-state index contributed by atoms with van der Waals surface area (Å²) in [5, 5.41) is 0. The Bertz CT molecular complexity index is 1450. The van der Waals surface area contributed by atoms with Crippen LogP contribution in [0.1, 0.15) is 46.0 Å². The lowest BCUT2D eigenvalue weighted by Crippen LogP contribution is -2.07. The van der Waals surface area contributed by atoms with Crippen molar-refractivity contribution in [2.75, 3.05) is 0 Å². The van der Waals surface area contributed by atoms with Gasteiger partial charge >= 0.3 is 0 Å². The SMILES string of the molecule is CCC1=C(c2ccc(Br)cc2)C(c2ccc(Br)cc2)=Nc2ccc(C(=O)c3ccccc3)cc2C1. The number of hydrogen-bond donors (Lipinski definition) is 0. The van der Waals surface area contributed by atoms with Crippen molar-refractivity contribution in [3.8, 4) is 0 Å². The molecule has 2 nitrogen and oxygen atoms in total. The molecule has 0 spiro atoms. The molecule has 35 heavy (non-hydrogen) atoms. The van der Waals surface area contributed by atoms with Crippen LogP contribution in [0.25, 0.3) is 5.57 Å². The molecule has 0 amide bonds. The van der Waals surface area contributed by atoms with Gasteiger partial charge in [0.25, 0.3) is 0 Å². The van der Waals surface area contributed by atoms with Gasteiger partial charge in [-0.05, 0) is 66.4 Å². The van der Waals surface area contributed by atoms with Crippen molar-refractivity contribution in [3.63, 3.8) is 0 Å². The van der Waals surface area contributed by atoms with E-state index in [4.69, 9.17) is 4.99 Å². The largest absolute Gasteiger partial charge is 0.289 e. The number of hydrogen-bond acceptors (Lipinski definition) is 2. The zero-order valence-corrected chi connectivity index (χ0v) is 22.4. The second-order valence-corrected chi connectivity index (χ2v) is 10.4.